The van der Waals surface area contributed by atoms with Crippen LogP contribution in [0, 0.1) is 0 Å². The van der Waals surface area contributed by atoms with E-state index >= 15 is 0 Å². The maximum atomic E-state index is 4.96. The fourth-order valence-corrected chi connectivity index (χ4v) is 1.84. The molecule has 0 amide bonds. The second-order valence-corrected chi connectivity index (χ2v) is 4.14. The van der Waals surface area contributed by atoms with E-state index in [-0.39, 0.29) is 0 Å². The van der Waals surface area contributed by atoms with E-state index in [2.05, 4.69) is 31.7 Å². The normalized spacial score (nSPS) is 12.5. The molecule has 0 fully saturated rings. The van der Waals surface area contributed by atoms with Gasteiger partial charge in [-0.2, -0.15) is 0 Å². The van der Waals surface area contributed by atoms with E-state index in [1.54, 1.807) is 5.37 Å². The molecule has 0 bridgehead atoms. The molecule has 0 aromatic heterocycles. The van der Waals surface area contributed by atoms with Gasteiger partial charge in [0.15, 0.2) is 0 Å². The number of benzene rings is 1. The molecule has 0 aliphatic carbocycles. The van der Waals surface area contributed by atoms with Crippen molar-refractivity contribution in [1.82, 2.24) is 0 Å². The van der Waals surface area contributed by atoms with E-state index < -0.39 is 0 Å². The van der Waals surface area contributed by atoms with Crippen LogP contribution >= 0.6 is 12.2 Å². The third kappa shape index (κ3) is 5.80. The smallest absolute Gasteiger partial charge is 0.00862 e. The topological polar surface area (TPSA) is 0 Å². The van der Waals surface area contributed by atoms with Crippen molar-refractivity contribution in [3.8, 4) is 0 Å². The summed E-state index contributed by atoms with van der Waals surface area (Å²) in [6.45, 7) is 12.1. The molecule has 0 aliphatic rings. The Labute approximate surface area is 123 Å². The zero-order valence-corrected chi connectivity index (χ0v) is 13.2. The van der Waals surface area contributed by atoms with Gasteiger partial charge in [0.1, 0.15) is 0 Å². The van der Waals surface area contributed by atoms with Crippen molar-refractivity contribution in [2.45, 2.75) is 33.6 Å². The van der Waals surface area contributed by atoms with Gasteiger partial charge in [-0.05, 0) is 23.6 Å². The zero-order valence-electron chi connectivity index (χ0n) is 12.4. The lowest BCUT2D eigenvalue weighted by atomic mass is 9.91. The van der Waals surface area contributed by atoms with Crippen LogP contribution in [-0.2, 0) is 0 Å². The Hall–Kier alpha value is -1.47. The van der Waals surface area contributed by atoms with Gasteiger partial charge < -0.3 is 0 Å². The standard InChI is InChI=1S/C16H18S.C2H6/c1-4-6-9-15(5-2)13(3)16-10-7-8-14(11-16)12-17;1-2/h4-13H,2H2,1,3H3;1-2H3/b6-4-,15-9+;. The average Bonchev–Trinajstić information content (AvgIpc) is 2.50. The molecule has 0 aliphatic heterocycles. The van der Waals surface area contributed by atoms with E-state index in [1.165, 1.54) is 11.1 Å². The molecule has 1 heteroatoms. The van der Waals surface area contributed by atoms with Crippen molar-refractivity contribution in [3.63, 3.8) is 0 Å². The molecular formula is C18H24S. The van der Waals surface area contributed by atoms with Crippen molar-refractivity contribution in [1.29, 1.82) is 0 Å². The molecule has 1 atom stereocenters. The van der Waals surface area contributed by atoms with E-state index in [1.807, 2.05) is 51.1 Å². The minimum atomic E-state index is 0.332. The van der Waals surface area contributed by atoms with Gasteiger partial charge in [-0.1, -0.05) is 88.1 Å². The molecule has 1 aromatic carbocycles. The Balaban J connectivity index is 0.00000154. The van der Waals surface area contributed by atoms with Gasteiger partial charge in [-0.3, -0.25) is 0 Å². The van der Waals surface area contributed by atoms with Crippen LogP contribution in [0.4, 0.5) is 0 Å². The number of hydrogen-bond donors (Lipinski definition) is 0. The molecule has 0 heterocycles. The van der Waals surface area contributed by atoms with Crippen molar-refractivity contribution < 1.29 is 0 Å². The van der Waals surface area contributed by atoms with Gasteiger partial charge in [0, 0.05) is 11.3 Å². The molecular weight excluding hydrogens is 248 g/mol. The summed E-state index contributed by atoms with van der Waals surface area (Å²) in [6, 6.07) is 8.32. The van der Waals surface area contributed by atoms with Crippen LogP contribution in [0.15, 0.2) is 60.7 Å². The number of thiocarbonyl (C=S) groups is 1. The predicted molar refractivity (Wildman–Crippen MR) is 92.1 cm³/mol. The first kappa shape index (κ1) is 17.5. The van der Waals surface area contributed by atoms with Crippen molar-refractivity contribution in [2.75, 3.05) is 0 Å². The maximum absolute atomic E-state index is 4.96. The molecule has 0 saturated heterocycles. The molecule has 1 unspecified atom stereocenters. The SMILES string of the molecule is C=C/C(=C\C=C/C)C(C)c1cccc(C=S)c1.CC. The Morgan fingerprint density at radius 1 is 1.32 bits per heavy atom. The van der Waals surface area contributed by atoms with E-state index in [0.29, 0.717) is 5.92 Å². The van der Waals surface area contributed by atoms with E-state index in [4.69, 9.17) is 12.2 Å². The maximum Gasteiger partial charge on any atom is 0.00862 e. The summed E-state index contributed by atoms with van der Waals surface area (Å²) in [6.07, 6.45) is 8.07. The fraction of sp³-hybridized carbons (Fsp3) is 0.278. The summed E-state index contributed by atoms with van der Waals surface area (Å²) >= 11 is 4.96. The van der Waals surface area contributed by atoms with Crippen LogP contribution in [0.3, 0.4) is 0 Å². The molecule has 0 N–H and O–H groups in total. The summed E-state index contributed by atoms with van der Waals surface area (Å²) < 4.78 is 0. The van der Waals surface area contributed by atoms with Gasteiger partial charge in [0.05, 0.1) is 0 Å². The number of allylic oxidation sites excluding steroid dienone is 5. The second kappa shape index (κ2) is 10.5. The Bertz CT molecular complexity index is 453. The van der Waals surface area contributed by atoms with Gasteiger partial charge in [0.25, 0.3) is 0 Å². The van der Waals surface area contributed by atoms with Crippen molar-refractivity contribution in [3.05, 3.63) is 71.8 Å². The average molecular weight is 272 g/mol. The van der Waals surface area contributed by atoms with Crippen LogP contribution in [0.1, 0.15) is 44.7 Å². The van der Waals surface area contributed by atoms with Gasteiger partial charge in [0.2, 0.25) is 0 Å². The zero-order chi connectivity index (χ0) is 14.7. The van der Waals surface area contributed by atoms with Crippen LogP contribution in [0.25, 0.3) is 0 Å². The highest BCUT2D eigenvalue weighted by atomic mass is 32.1. The summed E-state index contributed by atoms with van der Waals surface area (Å²) in [4.78, 5) is 0. The lowest BCUT2D eigenvalue weighted by Gasteiger charge is -2.13. The highest BCUT2D eigenvalue weighted by Gasteiger charge is 2.08. The van der Waals surface area contributed by atoms with Gasteiger partial charge >= 0.3 is 0 Å². The highest BCUT2D eigenvalue weighted by molar-refractivity contribution is 7.79. The van der Waals surface area contributed by atoms with Gasteiger partial charge in [-0.25, -0.2) is 0 Å². The van der Waals surface area contributed by atoms with Crippen LogP contribution in [-0.4, -0.2) is 5.37 Å². The predicted octanol–water partition coefficient (Wildman–Crippen LogP) is 5.85. The second-order valence-electron chi connectivity index (χ2n) is 3.91. The lowest BCUT2D eigenvalue weighted by Crippen LogP contribution is -1.96. The van der Waals surface area contributed by atoms with E-state index in [9.17, 15) is 0 Å². The van der Waals surface area contributed by atoms with Crippen LogP contribution in [0.5, 0.6) is 0 Å². The first-order valence-corrected chi connectivity index (χ1v) is 7.20. The molecule has 1 aromatic rings. The third-order valence-electron chi connectivity index (χ3n) is 2.76. The summed E-state index contributed by atoms with van der Waals surface area (Å²) in [5.41, 5.74) is 3.56. The molecule has 1 rings (SSSR count). The fourth-order valence-electron chi connectivity index (χ4n) is 1.69. The van der Waals surface area contributed by atoms with Crippen molar-refractivity contribution >= 4 is 17.6 Å². The summed E-state index contributed by atoms with van der Waals surface area (Å²) in [5.74, 6) is 0.332. The third-order valence-corrected chi connectivity index (χ3v) is 3.04. The summed E-state index contributed by atoms with van der Waals surface area (Å²) in [7, 11) is 0. The van der Waals surface area contributed by atoms with Gasteiger partial charge in [-0.15, -0.1) is 0 Å². The minimum Gasteiger partial charge on any atom is -0.0988 e. The monoisotopic (exact) mass is 272 g/mol. The summed E-state index contributed by atoms with van der Waals surface area (Å²) in [5, 5.41) is 1.71. The Morgan fingerprint density at radius 2 is 2.00 bits per heavy atom. The quantitative estimate of drug-likeness (QED) is 0.478. The van der Waals surface area contributed by atoms with Crippen LogP contribution in [0.2, 0.25) is 0 Å². The lowest BCUT2D eigenvalue weighted by molar-refractivity contribution is 0.922. The van der Waals surface area contributed by atoms with Crippen molar-refractivity contribution in [2.24, 2.45) is 0 Å². The first-order valence-electron chi connectivity index (χ1n) is 6.73. The Kier molecular flexibility index (Phi) is 9.64. The van der Waals surface area contributed by atoms with E-state index in [0.717, 1.165) is 5.56 Å². The molecule has 0 saturated carbocycles. The molecule has 19 heavy (non-hydrogen) atoms. The molecule has 102 valence electrons. The Morgan fingerprint density at radius 3 is 2.53 bits per heavy atom. The number of rotatable bonds is 5. The molecule has 0 radical (unpaired) electrons. The first-order chi connectivity index (χ1) is 9.22. The molecule has 0 nitrogen and oxygen atoms in total. The van der Waals surface area contributed by atoms with Crippen LogP contribution < -0.4 is 0 Å². The largest absolute Gasteiger partial charge is 0.0988 e. The number of hydrogen-bond acceptors (Lipinski definition) is 1. The molecule has 0 spiro atoms. The highest BCUT2D eigenvalue weighted by Crippen LogP contribution is 2.25. The minimum absolute atomic E-state index is 0.332.